The first kappa shape index (κ1) is 4.81. The molecule has 0 aromatic rings. The fourth-order valence-corrected chi connectivity index (χ4v) is 0.542. The smallest absolute Gasteiger partial charge is 0.0499 e. The molecule has 0 unspecified atom stereocenters. The van der Waals surface area contributed by atoms with E-state index in [2.05, 4.69) is 12.0 Å². The van der Waals surface area contributed by atoms with E-state index in [0.29, 0.717) is 0 Å². The summed E-state index contributed by atoms with van der Waals surface area (Å²) in [4.78, 5) is 0. The van der Waals surface area contributed by atoms with E-state index in [4.69, 9.17) is 5.84 Å². The highest BCUT2D eigenvalue weighted by molar-refractivity contribution is 5.12. The minimum atomic E-state index is 0.125. The standard InChI is InChI=1S/C5H10N2/c1-2-5(7-6)3-4-5/h2,7H,1,3-4,6H2. The molecule has 0 aliphatic heterocycles. The summed E-state index contributed by atoms with van der Waals surface area (Å²) in [5, 5.41) is 0. The van der Waals surface area contributed by atoms with Crippen LogP contribution in [0.5, 0.6) is 0 Å². The molecule has 0 bridgehead atoms. The minimum absolute atomic E-state index is 0.125. The molecule has 0 amide bonds. The zero-order valence-electron chi connectivity index (χ0n) is 4.28. The summed E-state index contributed by atoms with van der Waals surface area (Å²) >= 11 is 0. The molecule has 0 aromatic heterocycles. The lowest BCUT2D eigenvalue weighted by atomic mass is 10.3. The average Bonchev–Trinajstić information content (AvgIpc) is 2.46. The van der Waals surface area contributed by atoms with Gasteiger partial charge in [-0.1, -0.05) is 6.08 Å². The summed E-state index contributed by atoms with van der Waals surface area (Å²) in [6, 6.07) is 0. The normalized spacial score (nSPS) is 24.1. The SMILES string of the molecule is C=CC1(NN)CC1. The molecule has 2 nitrogen and oxygen atoms in total. The highest BCUT2D eigenvalue weighted by atomic mass is 15.3. The molecule has 0 atom stereocenters. The number of hydrogen-bond acceptors (Lipinski definition) is 2. The summed E-state index contributed by atoms with van der Waals surface area (Å²) in [6.45, 7) is 3.62. The van der Waals surface area contributed by atoms with E-state index in [1.165, 1.54) is 0 Å². The van der Waals surface area contributed by atoms with Gasteiger partial charge in [0.05, 0.1) is 0 Å². The lowest BCUT2D eigenvalue weighted by molar-refractivity contribution is 0.618. The van der Waals surface area contributed by atoms with Crippen LogP contribution < -0.4 is 11.3 Å². The number of nitrogens with two attached hydrogens (primary N) is 1. The van der Waals surface area contributed by atoms with Crippen molar-refractivity contribution in [3.8, 4) is 0 Å². The van der Waals surface area contributed by atoms with Gasteiger partial charge in [0.15, 0.2) is 0 Å². The zero-order valence-corrected chi connectivity index (χ0v) is 4.28. The minimum Gasteiger partial charge on any atom is -0.271 e. The van der Waals surface area contributed by atoms with Gasteiger partial charge in [-0.05, 0) is 12.8 Å². The van der Waals surface area contributed by atoms with Crippen molar-refractivity contribution in [1.82, 2.24) is 5.43 Å². The molecular weight excluding hydrogens is 88.1 g/mol. The summed E-state index contributed by atoms with van der Waals surface area (Å²) < 4.78 is 0. The third kappa shape index (κ3) is 0.667. The van der Waals surface area contributed by atoms with E-state index < -0.39 is 0 Å². The fraction of sp³-hybridized carbons (Fsp3) is 0.600. The van der Waals surface area contributed by atoms with Crippen molar-refractivity contribution in [2.24, 2.45) is 5.84 Å². The van der Waals surface area contributed by atoms with E-state index >= 15 is 0 Å². The quantitative estimate of drug-likeness (QED) is 0.293. The van der Waals surface area contributed by atoms with Crippen molar-refractivity contribution in [1.29, 1.82) is 0 Å². The number of hydrazine groups is 1. The molecule has 3 N–H and O–H groups in total. The second-order valence-electron chi connectivity index (χ2n) is 2.00. The lowest BCUT2D eigenvalue weighted by Crippen LogP contribution is -2.35. The van der Waals surface area contributed by atoms with Crippen LogP contribution in [0.25, 0.3) is 0 Å². The number of hydrogen-bond donors (Lipinski definition) is 2. The van der Waals surface area contributed by atoms with Crippen LogP contribution in [0.4, 0.5) is 0 Å². The van der Waals surface area contributed by atoms with Gasteiger partial charge in [-0.3, -0.25) is 11.3 Å². The van der Waals surface area contributed by atoms with Crippen LogP contribution in [-0.2, 0) is 0 Å². The Morgan fingerprint density at radius 3 is 2.29 bits per heavy atom. The number of nitrogens with one attached hydrogen (secondary N) is 1. The topological polar surface area (TPSA) is 38.0 Å². The van der Waals surface area contributed by atoms with Crippen molar-refractivity contribution in [3.63, 3.8) is 0 Å². The Hall–Kier alpha value is -0.340. The van der Waals surface area contributed by atoms with Crippen molar-refractivity contribution in [3.05, 3.63) is 12.7 Å². The van der Waals surface area contributed by atoms with Crippen molar-refractivity contribution >= 4 is 0 Å². The predicted molar refractivity (Wildman–Crippen MR) is 29.5 cm³/mol. The fourth-order valence-electron chi connectivity index (χ4n) is 0.542. The Kier molecular flexibility index (Phi) is 0.905. The van der Waals surface area contributed by atoms with E-state index in [0.717, 1.165) is 12.8 Å². The summed E-state index contributed by atoms with van der Waals surface area (Å²) in [5.41, 5.74) is 2.81. The molecule has 1 aliphatic rings. The van der Waals surface area contributed by atoms with Gasteiger partial charge < -0.3 is 0 Å². The van der Waals surface area contributed by atoms with Gasteiger partial charge in [0.2, 0.25) is 0 Å². The Morgan fingerprint density at radius 2 is 2.29 bits per heavy atom. The van der Waals surface area contributed by atoms with Crippen molar-refractivity contribution in [2.45, 2.75) is 18.4 Å². The molecular formula is C5H10N2. The molecule has 7 heavy (non-hydrogen) atoms. The third-order valence-corrected chi connectivity index (χ3v) is 1.47. The van der Waals surface area contributed by atoms with Crippen LogP contribution in [0.2, 0.25) is 0 Å². The summed E-state index contributed by atoms with van der Waals surface area (Å²) in [6.07, 6.45) is 4.16. The Morgan fingerprint density at radius 1 is 1.71 bits per heavy atom. The molecule has 1 fully saturated rings. The van der Waals surface area contributed by atoms with Gasteiger partial charge in [0, 0.05) is 5.54 Å². The molecule has 2 heteroatoms. The zero-order chi connectivity index (χ0) is 5.33. The Bertz CT molecular complexity index is 84.1. The predicted octanol–water partition coefficient (Wildman–Crippen LogP) is 0.168. The highest BCUT2D eigenvalue weighted by Gasteiger charge is 2.37. The maximum atomic E-state index is 5.16. The second kappa shape index (κ2) is 1.32. The van der Waals surface area contributed by atoms with Gasteiger partial charge in [-0.15, -0.1) is 6.58 Å². The molecule has 1 aliphatic carbocycles. The first-order valence-electron chi connectivity index (χ1n) is 2.44. The average molecular weight is 98.1 g/mol. The van der Waals surface area contributed by atoms with E-state index in [1.807, 2.05) is 6.08 Å². The highest BCUT2D eigenvalue weighted by Crippen LogP contribution is 2.34. The molecule has 0 aromatic carbocycles. The van der Waals surface area contributed by atoms with Crippen molar-refractivity contribution < 1.29 is 0 Å². The van der Waals surface area contributed by atoms with Gasteiger partial charge in [0.25, 0.3) is 0 Å². The molecule has 0 spiro atoms. The lowest BCUT2D eigenvalue weighted by Gasteiger charge is -2.03. The molecule has 1 rings (SSSR count). The van der Waals surface area contributed by atoms with Crippen LogP contribution >= 0.6 is 0 Å². The van der Waals surface area contributed by atoms with Crippen LogP contribution in [0.15, 0.2) is 12.7 Å². The van der Waals surface area contributed by atoms with Crippen LogP contribution in [-0.4, -0.2) is 5.54 Å². The van der Waals surface area contributed by atoms with Gasteiger partial charge in [-0.2, -0.15) is 0 Å². The maximum absolute atomic E-state index is 5.16. The molecule has 0 radical (unpaired) electrons. The van der Waals surface area contributed by atoms with E-state index in [-0.39, 0.29) is 5.54 Å². The largest absolute Gasteiger partial charge is 0.271 e. The first-order chi connectivity index (χ1) is 3.33. The summed E-state index contributed by atoms with van der Waals surface area (Å²) in [7, 11) is 0. The summed E-state index contributed by atoms with van der Waals surface area (Å²) in [5.74, 6) is 5.16. The van der Waals surface area contributed by atoms with Crippen LogP contribution in [0.1, 0.15) is 12.8 Å². The van der Waals surface area contributed by atoms with Crippen LogP contribution in [0.3, 0.4) is 0 Å². The molecule has 0 heterocycles. The van der Waals surface area contributed by atoms with Gasteiger partial charge >= 0.3 is 0 Å². The van der Waals surface area contributed by atoms with E-state index in [1.54, 1.807) is 0 Å². The molecule has 0 saturated heterocycles. The Labute approximate surface area is 43.4 Å². The van der Waals surface area contributed by atoms with E-state index in [9.17, 15) is 0 Å². The maximum Gasteiger partial charge on any atom is 0.0499 e. The molecule has 40 valence electrons. The van der Waals surface area contributed by atoms with Crippen molar-refractivity contribution in [2.75, 3.05) is 0 Å². The first-order valence-corrected chi connectivity index (χ1v) is 2.44. The Balaban J connectivity index is 2.42. The van der Waals surface area contributed by atoms with Gasteiger partial charge in [-0.25, -0.2) is 0 Å². The second-order valence-corrected chi connectivity index (χ2v) is 2.00. The monoisotopic (exact) mass is 98.1 g/mol. The third-order valence-electron chi connectivity index (χ3n) is 1.47. The molecule has 1 saturated carbocycles. The van der Waals surface area contributed by atoms with Gasteiger partial charge in [0.1, 0.15) is 0 Å². The van der Waals surface area contributed by atoms with Crippen LogP contribution in [0, 0.1) is 0 Å². The number of rotatable bonds is 2.